The first-order valence-corrected chi connectivity index (χ1v) is 8.91. The highest BCUT2D eigenvalue weighted by molar-refractivity contribution is 5.80. The topological polar surface area (TPSA) is 103 Å². The van der Waals surface area contributed by atoms with Gasteiger partial charge in [-0.05, 0) is 44.7 Å². The lowest BCUT2D eigenvalue weighted by molar-refractivity contribution is -0.122. The standard InChI is InChI=1S/C14H19NO2.C5H10N2O2/c1-14(2,3)17-13(16)15-12-8-10-6-4-5-7-11(10)9-12;6-5(8)4-3-9-2-1-7-4/h4-7,12H,8-9H2,1-3H3,(H,15,16);4,7H,1-3H2,(H2,6,8). The lowest BCUT2D eigenvalue weighted by Gasteiger charge is -2.21. The molecule has 0 aromatic heterocycles. The van der Waals surface area contributed by atoms with Crippen LogP contribution in [-0.2, 0) is 27.1 Å². The molecule has 26 heavy (non-hydrogen) atoms. The number of rotatable bonds is 2. The van der Waals surface area contributed by atoms with Gasteiger partial charge in [0.25, 0.3) is 0 Å². The van der Waals surface area contributed by atoms with Gasteiger partial charge in [-0.1, -0.05) is 24.3 Å². The van der Waals surface area contributed by atoms with Crippen LogP contribution in [0.3, 0.4) is 0 Å². The van der Waals surface area contributed by atoms with Crippen molar-refractivity contribution in [2.45, 2.75) is 51.3 Å². The third-order valence-corrected chi connectivity index (χ3v) is 4.04. The van der Waals surface area contributed by atoms with Gasteiger partial charge in [0.2, 0.25) is 5.91 Å². The van der Waals surface area contributed by atoms with Crippen molar-refractivity contribution in [2.75, 3.05) is 19.8 Å². The van der Waals surface area contributed by atoms with Crippen LogP contribution < -0.4 is 16.4 Å². The molecule has 1 fully saturated rings. The first-order chi connectivity index (χ1) is 12.2. The third-order valence-electron chi connectivity index (χ3n) is 4.04. The zero-order chi connectivity index (χ0) is 19.2. The van der Waals surface area contributed by atoms with E-state index in [1.54, 1.807) is 0 Å². The molecule has 1 aromatic rings. The minimum absolute atomic E-state index is 0.169. The van der Waals surface area contributed by atoms with Crippen molar-refractivity contribution >= 4 is 12.0 Å². The molecule has 2 amide bonds. The van der Waals surface area contributed by atoms with E-state index in [0.29, 0.717) is 19.8 Å². The van der Waals surface area contributed by atoms with Crippen LogP contribution in [0.25, 0.3) is 0 Å². The highest BCUT2D eigenvalue weighted by Gasteiger charge is 2.24. The second-order valence-corrected chi connectivity index (χ2v) is 7.50. The Balaban J connectivity index is 0.000000228. The SMILES string of the molecule is CC(C)(C)OC(=O)NC1Cc2ccccc2C1.NC(=O)C1COCCN1. The largest absolute Gasteiger partial charge is 0.444 e. The molecule has 1 atom stereocenters. The fraction of sp³-hybridized carbons (Fsp3) is 0.579. The number of hydrogen-bond acceptors (Lipinski definition) is 5. The summed E-state index contributed by atoms with van der Waals surface area (Å²) in [6.45, 7) is 7.41. The Labute approximate surface area is 154 Å². The molecule has 1 aliphatic heterocycles. The summed E-state index contributed by atoms with van der Waals surface area (Å²) < 4.78 is 10.2. The molecule has 0 spiro atoms. The molecular formula is C19H29N3O4. The van der Waals surface area contributed by atoms with Crippen LogP contribution in [-0.4, -0.2) is 49.4 Å². The average Bonchev–Trinajstić information content (AvgIpc) is 2.96. The van der Waals surface area contributed by atoms with Crippen molar-refractivity contribution in [2.24, 2.45) is 5.73 Å². The second kappa shape index (κ2) is 9.00. The molecule has 7 heteroatoms. The molecule has 2 aliphatic rings. The first kappa shape index (κ1) is 20.2. The van der Waals surface area contributed by atoms with E-state index in [1.807, 2.05) is 32.9 Å². The molecule has 144 valence electrons. The summed E-state index contributed by atoms with van der Waals surface area (Å²) in [5.41, 5.74) is 7.21. The molecule has 1 heterocycles. The maximum absolute atomic E-state index is 11.6. The molecule has 3 rings (SSSR count). The minimum atomic E-state index is -0.435. The minimum Gasteiger partial charge on any atom is -0.444 e. The van der Waals surface area contributed by atoms with Gasteiger partial charge in [0.05, 0.1) is 13.2 Å². The van der Waals surface area contributed by atoms with E-state index in [-0.39, 0.29) is 24.1 Å². The van der Waals surface area contributed by atoms with Crippen LogP contribution in [0.2, 0.25) is 0 Å². The van der Waals surface area contributed by atoms with Crippen LogP contribution in [0.15, 0.2) is 24.3 Å². The van der Waals surface area contributed by atoms with E-state index >= 15 is 0 Å². The van der Waals surface area contributed by atoms with E-state index in [1.165, 1.54) is 11.1 Å². The normalized spacial score (nSPS) is 19.7. The van der Waals surface area contributed by atoms with E-state index < -0.39 is 5.60 Å². The maximum atomic E-state index is 11.6. The van der Waals surface area contributed by atoms with Crippen LogP contribution in [0.5, 0.6) is 0 Å². The zero-order valence-electron chi connectivity index (χ0n) is 15.7. The highest BCUT2D eigenvalue weighted by Crippen LogP contribution is 2.21. The molecule has 1 unspecified atom stereocenters. The highest BCUT2D eigenvalue weighted by atomic mass is 16.6. The molecular weight excluding hydrogens is 334 g/mol. The summed E-state index contributed by atoms with van der Waals surface area (Å²) in [7, 11) is 0. The number of alkyl carbamates (subject to hydrolysis) is 1. The predicted octanol–water partition coefficient (Wildman–Crippen LogP) is 1.14. The van der Waals surface area contributed by atoms with E-state index in [9.17, 15) is 9.59 Å². The molecule has 4 N–H and O–H groups in total. The maximum Gasteiger partial charge on any atom is 0.407 e. The van der Waals surface area contributed by atoms with Gasteiger partial charge in [-0.15, -0.1) is 0 Å². The number of hydrogen-bond donors (Lipinski definition) is 3. The zero-order valence-corrected chi connectivity index (χ0v) is 15.7. The Hall–Kier alpha value is -2.12. The summed E-state index contributed by atoms with van der Waals surface area (Å²) in [5, 5.41) is 5.84. The number of nitrogens with one attached hydrogen (secondary N) is 2. The summed E-state index contributed by atoms with van der Waals surface area (Å²) in [6, 6.07) is 8.20. The smallest absolute Gasteiger partial charge is 0.407 e. The first-order valence-electron chi connectivity index (χ1n) is 8.91. The predicted molar refractivity (Wildman–Crippen MR) is 98.8 cm³/mol. The lowest BCUT2D eigenvalue weighted by atomic mass is 10.1. The van der Waals surface area contributed by atoms with Gasteiger partial charge in [-0.25, -0.2) is 4.79 Å². The molecule has 1 aromatic carbocycles. The Morgan fingerprint density at radius 1 is 1.23 bits per heavy atom. The Bertz CT molecular complexity index is 596. The van der Waals surface area contributed by atoms with Gasteiger partial charge in [-0.3, -0.25) is 4.79 Å². The number of fused-ring (bicyclic) bond motifs is 1. The van der Waals surface area contributed by atoms with Crippen molar-refractivity contribution < 1.29 is 19.1 Å². The van der Waals surface area contributed by atoms with Gasteiger partial charge in [-0.2, -0.15) is 0 Å². The average molecular weight is 363 g/mol. The van der Waals surface area contributed by atoms with Crippen molar-refractivity contribution in [3.05, 3.63) is 35.4 Å². The van der Waals surface area contributed by atoms with Crippen LogP contribution >= 0.6 is 0 Å². The summed E-state index contributed by atoms with van der Waals surface area (Å²) >= 11 is 0. The summed E-state index contributed by atoms with van der Waals surface area (Å²) in [6.07, 6.45) is 1.47. The molecule has 0 radical (unpaired) electrons. The molecule has 1 saturated heterocycles. The Morgan fingerprint density at radius 2 is 1.85 bits per heavy atom. The van der Waals surface area contributed by atoms with E-state index in [2.05, 4.69) is 22.8 Å². The fourth-order valence-electron chi connectivity index (χ4n) is 2.88. The second-order valence-electron chi connectivity index (χ2n) is 7.50. The molecule has 0 saturated carbocycles. The monoisotopic (exact) mass is 363 g/mol. The molecule has 7 nitrogen and oxygen atoms in total. The number of carbonyl (C=O) groups is 2. The number of ether oxygens (including phenoxy) is 2. The summed E-state index contributed by atoms with van der Waals surface area (Å²) in [5.74, 6) is -0.338. The number of nitrogens with two attached hydrogens (primary N) is 1. The van der Waals surface area contributed by atoms with Gasteiger partial charge >= 0.3 is 6.09 Å². The Kier molecular flexibility index (Phi) is 6.99. The third kappa shape index (κ3) is 6.65. The van der Waals surface area contributed by atoms with Gasteiger partial charge < -0.3 is 25.8 Å². The van der Waals surface area contributed by atoms with Crippen LogP contribution in [0.1, 0.15) is 31.9 Å². The van der Waals surface area contributed by atoms with E-state index in [0.717, 1.165) is 12.8 Å². The number of carbonyl (C=O) groups excluding carboxylic acids is 2. The number of amides is 2. The molecule has 0 bridgehead atoms. The fourth-order valence-corrected chi connectivity index (χ4v) is 2.88. The lowest BCUT2D eigenvalue weighted by Crippen LogP contribution is -2.49. The van der Waals surface area contributed by atoms with Gasteiger partial charge in [0.1, 0.15) is 11.6 Å². The van der Waals surface area contributed by atoms with Crippen LogP contribution in [0, 0.1) is 0 Å². The van der Waals surface area contributed by atoms with E-state index in [4.69, 9.17) is 15.2 Å². The summed E-state index contributed by atoms with van der Waals surface area (Å²) in [4.78, 5) is 22.1. The number of benzene rings is 1. The van der Waals surface area contributed by atoms with Crippen LogP contribution in [0.4, 0.5) is 4.79 Å². The Morgan fingerprint density at radius 3 is 2.27 bits per heavy atom. The number of morpholine rings is 1. The van der Waals surface area contributed by atoms with Crippen molar-refractivity contribution in [3.63, 3.8) is 0 Å². The molecule has 1 aliphatic carbocycles. The van der Waals surface area contributed by atoms with Gasteiger partial charge in [0.15, 0.2) is 0 Å². The van der Waals surface area contributed by atoms with Gasteiger partial charge in [0, 0.05) is 12.6 Å². The number of primary amides is 1. The van der Waals surface area contributed by atoms with Crippen molar-refractivity contribution in [3.8, 4) is 0 Å². The van der Waals surface area contributed by atoms with Crippen molar-refractivity contribution in [1.82, 2.24) is 10.6 Å². The quantitative estimate of drug-likeness (QED) is 0.731. The van der Waals surface area contributed by atoms with Crippen molar-refractivity contribution in [1.29, 1.82) is 0 Å².